The lowest BCUT2D eigenvalue weighted by Crippen LogP contribution is -2.20. The summed E-state index contributed by atoms with van der Waals surface area (Å²) in [5, 5.41) is 0. The second-order valence-electron chi connectivity index (χ2n) is 5.93. The van der Waals surface area contributed by atoms with Crippen LogP contribution in [0.25, 0.3) is 5.57 Å². The Kier molecular flexibility index (Phi) is 2.96. The zero-order chi connectivity index (χ0) is 14.4. The monoisotopic (exact) mass is 283 g/mol. The van der Waals surface area contributed by atoms with E-state index in [1.54, 1.807) is 6.08 Å². The fraction of sp³-hybridized carbons (Fsp3) is 0.333. The molecular formula is C18H18FNO. The van der Waals surface area contributed by atoms with Crippen LogP contribution in [0.2, 0.25) is 0 Å². The molecule has 1 unspecified atom stereocenters. The van der Waals surface area contributed by atoms with Crippen LogP contribution < -0.4 is 5.73 Å². The Bertz CT molecular complexity index is 699. The second-order valence-corrected chi connectivity index (χ2v) is 5.93. The zero-order valence-electron chi connectivity index (χ0n) is 11.9. The minimum absolute atomic E-state index is 0.00768. The van der Waals surface area contributed by atoms with Crippen LogP contribution in [0, 0.1) is 0 Å². The van der Waals surface area contributed by atoms with Crippen molar-refractivity contribution in [3.05, 3.63) is 64.2 Å². The molecule has 108 valence electrons. The van der Waals surface area contributed by atoms with E-state index in [9.17, 15) is 4.39 Å². The minimum atomic E-state index is -0.0497. The van der Waals surface area contributed by atoms with Crippen molar-refractivity contribution in [1.29, 1.82) is 0 Å². The standard InChI is InChI=1S/C18H18FNO/c19-13-6-5-12-7-11-3-1-2-4-15(11)17-9-14(10-20)21-18(17)16(12)8-13/h1-4,8,14H,5-7,9-10,20H2. The van der Waals surface area contributed by atoms with E-state index < -0.39 is 0 Å². The van der Waals surface area contributed by atoms with E-state index in [0.29, 0.717) is 13.0 Å². The summed E-state index contributed by atoms with van der Waals surface area (Å²) >= 11 is 0. The number of hydrogen-bond donors (Lipinski definition) is 1. The van der Waals surface area contributed by atoms with Gasteiger partial charge in [-0.3, -0.25) is 0 Å². The van der Waals surface area contributed by atoms with Gasteiger partial charge in [-0.25, -0.2) is 4.39 Å². The maximum Gasteiger partial charge on any atom is 0.131 e. The first-order valence-corrected chi connectivity index (χ1v) is 7.53. The Labute approximate surface area is 123 Å². The van der Waals surface area contributed by atoms with E-state index in [1.807, 2.05) is 0 Å². The highest BCUT2D eigenvalue weighted by Gasteiger charge is 2.33. The molecule has 0 fully saturated rings. The highest BCUT2D eigenvalue weighted by Crippen LogP contribution is 2.45. The van der Waals surface area contributed by atoms with Gasteiger partial charge in [-0.1, -0.05) is 29.8 Å². The molecule has 2 nitrogen and oxygen atoms in total. The Morgan fingerprint density at radius 2 is 2.10 bits per heavy atom. The Morgan fingerprint density at radius 3 is 2.95 bits per heavy atom. The molecule has 0 aromatic heterocycles. The van der Waals surface area contributed by atoms with Crippen LogP contribution in [-0.4, -0.2) is 12.6 Å². The molecule has 21 heavy (non-hydrogen) atoms. The molecule has 1 aromatic rings. The fourth-order valence-electron chi connectivity index (χ4n) is 3.53. The minimum Gasteiger partial charge on any atom is -0.488 e. The average Bonchev–Trinajstić information content (AvgIpc) is 2.89. The summed E-state index contributed by atoms with van der Waals surface area (Å²) in [5.74, 6) is 0.812. The van der Waals surface area contributed by atoms with Crippen LogP contribution in [0.4, 0.5) is 4.39 Å². The summed E-state index contributed by atoms with van der Waals surface area (Å²) in [5.41, 5.74) is 11.8. The first kappa shape index (κ1) is 12.8. The summed E-state index contributed by atoms with van der Waals surface area (Å²) in [4.78, 5) is 0. The van der Waals surface area contributed by atoms with Crippen molar-refractivity contribution in [2.75, 3.05) is 6.54 Å². The Balaban J connectivity index is 1.92. The van der Waals surface area contributed by atoms with Crippen molar-refractivity contribution in [2.24, 2.45) is 5.73 Å². The Hall–Kier alpha value is -1.87. The van der Waals surface area contributed by atoms with Gasteiger partial charge in [0.05, 0.1) is 0 Å². The van der Waals surface area contributed by atoms with Gasteiger partial charge in [0, 0.05) is 30.5 Å². The third-order valence-electron chi connectivity index (χ3n) is 4.59. The fourth-order valence-corrected chi connectivity index (χ4v) is 3.53. The normalized spacial score (nSPS) is 23.9. The molecule has 0 saturated heterocycles. The van der Waals surface area contributed by atoms with Crippen LogP contribution >= 0.6 is 0 Å². The molecule has 0 spiro atoms. The molecule has 0 radical (unpaired) electrons. The average molecular weight is 283 g/mol. The van der Waals surface area contributed by atoms with Crippen LogP contribution in [0.5, 0.6) is 0 Å². The van der Waals surface area contributed by atoms with Crippen molar-refractivity contribution in [3.63, 3.8) is 0 Å². The van der Waals surface area contributed by atoms with E-state index >= 15 is 0 Å². The topological polar surface area (TPSA) is 35.2 Å². The van der Waals surface area contributed by atoms with Crippen molar-refractivity contribution in [2.45, 2.75) is 31.8 Å². The van der Waals surface area contributed by atoms with E-state index in [0.717, 1.165) is 30.6 Å². The second kappa shape index (κ2) is 4.85. The van der Waals surface area contributed by atoms with Gasteiger partial charge in [0.2, 0.25) is 0 Å². The molecule has 1 aromatic carbocycles. The van der Waals surface area contributed by atoms with Crippen LogP contribution in [0.3, 0.4) is 0 Å². The SMILES string of the molecule is NCC1CC2=C(O1)C1=C(CCC(F)=C1)Cc1ccccc12. The smallest absolute Gasteiger partial charge is 0.131 e. The quantitative estimate of drug-likeness (QED) is 0.854. The van der Waals surface area contributed by atoms with Gasteiger partial charge in [-0.15, -0.1) is 0 Å². The molecule has 0 saturated carbocycles. The number of allylic oxidation sites excluding steroid dienone is 3. The van der Waals surface area contributed by atoms with E-state index in [2.05, 4.69) is 24.3 Å². The molecule has 1 atom stereocenters. The summed E-state index contributed by atoms with van der Waals surface area (Å²) in [7, 11) is 0. The summed E-state index contributed by atoms with van der Waals surface area (Å²) in [6.07, 6.45) is 4.66. The van der Waals surface area contributed by atoms with Crippen molar-refractivity contribution >= 4 is 5.57 Å². The highest BCUT2D eigenvalue weighted by molar-refractivity contribution is 5.78. The van der Waals surface area contributed by atoms with Gasteiger partial charge in [-0.05, 0) is 30.0 Å². The van der Waals surface area contributed by atoms with E-state index in [1.165, 1.54) is 22.3 Å². The van der Waals surface area contributed by atoms with Gasteiger partial charge in [-0.2, -0.15) is 0 Å². The van der Waals surface area contributed by atoms with Gasteiger partial charge < -0.3 is 10.5 Å². The molecule has 1 aliphatic heterocycles. The third kappa shape index (κ3) is 2.04. The number of hydrogen-bond acceptors (Lipinski definition) is 2. The lowest BCUT2D eigenvalue weighted by molar-refractivity contribution is 0.156. The van der Waals surface area contributed by atoms with Crippen LogP contribution in [0.1, 0.15) is 30.4 Å². The molecule has 3 aliphatic rings. The van der Waals surface area contributed by atoms with Crippen LogP contribution in [-0.2, 0) is 11.2 Å². The molecule has 0 amide bonds. The molecule has 2 aliphatic carbocycles. The highest BCUT2D eigenvalue weighted by atomic mass is 19.1. The molecule has 1 heterocycles. The number of nitrogens with two attached hydrogens (primary N) is 1. The first-order valence-electron chi connectivity index (χ1n) is 7.53. The lowest BCUT2D eigenvalue weighted by atomic mass is 9.92. The Morgan fingerprint density at radius 1 is 1.24 bits per heavy atom. The maximum absolute atomic E-state index is 13.8. The van der Waals surface area contributed by atoms with Gasteiger partial charge in [0.15, 0.2) is 0 Å². The number of fused-ring (bicyclic) bond motifs is 3. The molecule has 4 rings (SSSR count). The van der Waals surface area contributed by atoms with E-state index in [-0.39, 0.29) is 11.9 Å². The lowest BCUT2D eigenvalue weighted by Gasteiger charge is -2.19. The summed E-state index contributed by atoms with van der Waals surface area (Å²) in [6.45, 7) is 0.490. The van der Waals surface area contributed by atoms with Crippen molar-refractivity contribution in [3.8, 4) is 0 Å². The maximum atomic E-state index is 13.8. The predicted molar refractivity (Wildman–Crippen MR) is 81.1 cm³/mol. The zero-order valence-corrected chi connectivity index (χ0v) is 11.9. The summed E-state index contributed by atoms with van der Waals surface area (Å²) < 4.78 is 19.8. The van der Waals surface area contributed by atoms with Crippen molar-refractivity contribution in [1.82, 2.24) is 0 Å². The van der Waals surface area contributed by atoms with Gasteiger partial charge >= 0.3 is 0 Å². The van der Waals surface area contributed by atoms with Gasteiger partial charge in [0.25, 0.3) is 0 Å². The van der Waals surface area contributed by atoms with Crippen molar-refractivity contribution < 1.29 is 9.13 Å². The molecular weight excluding hydrogens is 265 g/mol. The largest absolute Gasteiger partial charge is 0.488 e. The number of benzene rings is 1. The number of halogens is 1. The molecule has 0 bridgehead atoms. The number of ether oxygens (including phenoxy) is 1. The summed E-state index contributed by atoms with van der Waals surface area (Å²) in [6, 6.07) is 8.44. The van der Waals surface area contributed by atoms with E-state index in [4.69, 9.17) is 10.5 Å². The number of rotatable bonds is 1. The molecule has 3 heteroatoms. The first-order chi connectivity index (χ1) is 10.3. The third-order valence-corrected chi connectivity index (χ3v) is 4.59. The van der Waals surface area contributed by atoms with Gasteiger partial charge in [0.1, 0.15) is 17.7 Å². The molecule has 2 N–H and O–H groups in total. The predicted octanol–water partition coefficient (Wildman–Crippen LogP) is 3.65. The van der Waals surface area contributed by atoms with Crippen LogP contribution in [0.15, 0.2) is 53.1 Å².